The topological polar surface area (TPSA) is 124 Å². The van der Waals surface area contributed by atoms with E-state index < -0.39 is 26.7 Å². The molecule has 12 heteroatoms. The molecule has 0 spiro atoms. The summed E-state index contributed by atoms with van der Waals surface area (Å²) < 4.78 is 34.8. The van der Waals surface area contributed by atoms with E-state index in [1.807, 2.05) is 0 Å². The van der Waals surface area contributed by atoms with Crippen LogP contribution in [0.25, 0.3) is 0 Å². The lowest BCUT2D eigenvalue weighted by Crippen LogP contribution is -2.23. The summed E-state index contributed by atoms with van der Waals surface area (Å²) in [7, 11) is -4.08. The lowest BCUT2D eigenvalue weighted by Gasteiger charge is -2.02. The van der Waals surface area contributed by atoms with Gasteiger partial charge in [0, 0.05) is 16.6 Å². The van der Waals surface area contributed by atoms with Gasteiger partial charge < -0.3 is 14.5 Å². The van der Waals surface area contributed by atoms with Gasteiger partial charge in [-0.1, -0.05) is 16.7 Å². The summed E-state index contributed by atoms with van der Waals surface area (Å²) in [6.07, 6.45) is 1.49. The SMILES string of the molecule is O=C(CS(=O)(=O)c1nnc(COc2ccc(Cl)cc2)o1)Nc1nccs1. The highest BCUT2D eigenvalue weighted by Gasteiger charge is 2.26. The van der Waals surface area contributed by atoms with Crippen LogP contribution in [0.1, 0.15) is 5.89 Å². The molecule has 0 saturated carbocycles. The fraction of sp³-hybridized carbons (Fsp3) is 0.143. The molecule has 0 saturated heterocycles. The number of aromatic nitrogens is 3. The van der Waals surface area contributed by atoms with Crippen LogP contribution in [-0.4, -0.2) is 35.3 Å². The van der Waals surface area contributed by atoms with Crippen LogP contribution in [0.5, 0.6) is 5.75 Å². The van der Waals surface area contributed by atoms with E-state index in [1.54, 1.807) is 29.6 Å². The summed E-state index contributed by atoms with van der Waals surface area (Å²) in [5.41, 5.74) is 0. The normalized spacial score (nSPS) is 11.3. The van der Waals surface area contributed by atoms with Crippen LogP contribution in [0, 0.1) is 0 Å². The molecule has 0 aliphatic rings. The second-order valence-electron chi connectivity index (χ2n) is 4.85. The summed E-state index contributed by atoms with van der Waals surface area (Å²) in [6, 6.07) is 6.56. The first-order chi connectivity index (χ1) is 12.4. The zero-order chi connectivity index (χ0) is 18.6. The molecule has 2 aromatic heterocycles. The highest BCUT2D eigenvalue weighted by Crippen LogP contribution is 2.18. The molecule has 136 valence electrons. The molecule has 0 unspecified atom stereocenters. The Balaban J connectivity index is 1.60. The summed E-state index contributed by atoms with van der Waals surface area (Å²) >= 11 is 6.94. The number of nitrogens with zero attached hydrogens (tertiary/aromatic N) is 3. The number of sulfone groups is 1. The minimum Gasteiger partial charge on any atom is -0.484 e. The van der Waals surface area contributed by atoms with Gasteiger partial charge in [0.1, 0.15) is 11.5 Å². The number of carbonyl (C=O) groups is 1. The van der Waals surface area contributed by atoms with Crippen LogP contribution < -0.4 is 10.1 Å². The predicted octanol–water partition coefficient (Wildman–Crippen LogP) is 2.17. The largest absolute Gasteiger partial charge is 0.484 e. The Morgan fingerprint density at radius 1 is 1.27 bits per heavy atom. The lowest BCUT2D eigenvalue weighted by molar-refractivity contribution is -0.113. The predicted molar refractivity (Wildman–Crippen MR) is 92.9 cm³/mol. The van der Waals surface area contributed by atoms with Crippen molar-refractivity contribution in [3.63, 3.8) is 0 Å². The zero-order valence-corrected chi connectivity index (χ0v) is 15.3. The Hall–Kier alpha value is -2.50. The van der Waals surface area contributed by atoms with Crippen molar-refractivity contribution < 1.29 is 22.4 Å². The number of rotatable bonds is 7. The van der Waals surface area contributed by atoms with Crippen LogP contribution in [0.4, 0.5) is 5.13 Å². The number of carbonyl (C=O) groups excluding carboxylic acids is 1. The minimum absolute atomic E-state index is 0.0427. The molecular formula is C14H11ClN4O5S2. The third-order valence-corrected chi connectivity index (χ3v) is 5.17. The maximum absolute atomic E-state index is 12.2. The second-order valence-corrected chi connectivity index (χ2v) is 8.05. The number of hydrogen-bond donors (Lipinski definition) is 1. The van der Waals surface area contributed by atoms with Crippen molar-refractivity contribution in [1.29, 1.82) is 0 Å². The van der Waals surface area contributed by atoms with Gasteiger partial charge in [0.25, 0.3) is 5.89 Å². The summed E-state index contributed by atoms with van der Waals surface area (Å²) in [5.74, 6) is -1.14. The number of halogens is 1. The molecule has 3 rings (SSSR count). The third-order valence-electron chi connectivity index (χ3n) is 2.89. The molecule has 26 heavy (non-hydrogen) atoms. The molecule has 1 amide bonds. The molecule has 0 aliphatic heterocycles. The number of hydrogen-bond acceptors (Lipinski definition) is 9. The van der Waals surface area contributed by atoms with Crippen molar-refractivity contribution in [2.45, 2.75) is 11.8 Å². The second kappa shape index (κ2) is 7.81. The Kier molecular flexibility index (Phi) is 5.49. The van der Waals surface area contributed by atoms with Crippen molar-refractivity contribution >= 4 is 43.8 Å². The summed E-state index contributed by atoms with van der Waals surface area (Å²) in [4.78, 5) is 15.6. The molecule has 3 aromatic rings. The van der Waals surface area contributed by atoms with Gasteiger partial charge in [-0.05, 0) is 24.3 Å². The highest BCUT2D eigenvalue weighted by molar-refractivity contribution is 7.91. The number of benzene rings is 1. The molecule has 0 bridgehead atoms. The quantitative estimate of drug-likeness (QED) is 0.623. The Labute approximate surface area is 156 Å². The fourth-order valence-electron chi connectivity index (χ4n) is 1.77. The smallest absolute Gasteiger partial charge is 0.336 e. The van der Waals surface area contributed by atoms with Crippen LogP contribution >= 0.6 is 22.9 Å². The van der Waals surface area contributed by atoms with E-state index in [9.17, 15) is 13.2 Å². The first-order valence-corrected chi connectivity index (χ1v) is 9.96. The summed E-state index contributed by atoms with van der Waals surface area (Å²) in [5, 5.41) is 11.3. The van der Waals surface area contributed by atoms with Gasteiger partial charge in [0.05, 0.1) is 0 Å². The van der Waals surface area contributed by atoms with Crippen LogP contribution in [0.2, 0.25) is 5.02 Å². The maximum atomic E-state index is 12.2. The minimum atomic E-state index is -4.08. The standard InChI is InChI=1S/C14H11ClN4O5S2/c15-9-1-3-10(4-2-9)23-7-12-18-19-14(24-12)26(21,22)8-11(20)17-13-16-5-6-25-13/h1-6H,7-8H2,(H,16,17,20). The Morgan fingerprint density at radius 3 is 2.73 bits per heavy atom. The maximum Gasteiger partial charge on any atom is 0.336 e. The molecule has 9 nitrogen and oxygen atoms in total. The van der Waals surface area contributed by atoms with E-state index in [1.165, 1.54) is 17.5 Å². The van der Waals surface area contributed by atoms with Gasteiger partial charge in [-0.25, -0.2) is 13.4 Å². The molecule has 0 atom stereocenters. The van der Waals surface area contributed by atoms with Crippen molar-refractivity contribution in [2.75, 3.05) is 11.1 Å². The number of amides is 1. The molecule has 0 fully saturated rings. The van der Waals surface area contributed by atoms with Gasteiger partial charge in [0.2, 0.25) is 15.7 Å². The van der Waals surface area contributed by atoms with E-state index in [2.05, 4.69) is 20.5 Å². The van der Waals surface area contributed by atoms with Gasteiger partial charge in [-0.2, -0.15) is 0 Å². The molecular weight excluding hydrogens is 404 g/mol. The highest BCUT2D eigenvalue weighted by atomic mass is 35.5. The van der Waals surface area contributed by atoms with Crippen LogP contribution in [0.15, 0.2) is 45.5 Å². The monoisotopic (exact) mass is 414 g/mol. The molecule has 1 aromatic carbocycles. The van der Waals surface area contributed by atoms with Crippen LogP contribution in [-0.2, 0) is 21.2 Å². The molecule has 1 N–H and O–H groups in total. The number of anilines is 1. The van der Waals surface area contributed by atoms with E-state index in [0.717, 1.165) is 0 Å². The third kappa shape index (κ3) is 4.77. The molecule has 2 heterocycles. The van der Waals surface area contributed by atoms with Crippen LogP contribution in [0.3, 0.4) is 0 Å². The Bertz CT molecular complexity index is 987. The van der Waals surface area contributed by atoms with Gasteiger partial charge in [-0.3, -0.25) is 4.79 Å². The number of ether oxygens (including phenoxy) is 1. The van der Waals surface area contributed by atoms with Crippen molar-refractivity contribution in [3.05, 3.63) is 46.8 Å². The average molecular weight is 415 g/mol. The summed E-state index contributed by atoms with van der Waals surface area (Å²) in [6.45, 7) is -0.129. The van der Waals surface area contributed by atoms with Crippen molar-refractivity contribution in [1.82, 2.24) is 15.2 Å². The van der Waals surface area contributed by atoms with E-state index >= 15 is 0 Å². The van der Waals surface area contributed by atoms with E-state index in [-0.39, 0.29) is 12.5 Å². The van der Waals surface area contributed by atoms with E-state index in [4.69, 9.17) is 20.8 Å². The zero-order valence-electron chi connectivity index (χ0n) is 13.0. The average Bonchev–Trinajstić information content (AvgIpc) is 3.25. The number of nitrogens with one attached hydrogen (secondary N) is 1. The fourth-order valence-corrected chi connectivity index (χ4v) is 3.37. The first kappa shape index (κ1) is 18.3. The number of thiazole rings is 1. The van der Waals surface area contributed by atoms with E-state index in [0.29, 0.717) is 15.9 Å². The Morgan fingerprint density at radius 2 is 2.04 bits per heavy atom. The van der Waals surface area contributed by atoms with Gasteiger partial charge >= 0.3 is 5.22 Å². The van der Waals surface area contributed by atoms with Gasteiger partial charge in [-0.15, -0.1) is 16.4 Å². The molecule has 0 radical (unpaired) electrons. The van der Waals surface area contributed by atoms with Gasteiger partial charge in [0.15, 0.2) is 11.7 Å². The van der Waals surface area contributed by atoms with Crippen molar-refractivity contribution in [3.8, 4) is 5.75 Å². The molecule has 0 aliphatic carbocycles. The van der Waals surface area contributed by atoms with Crippen molar-refractivity contribution in [2.24, 2.45) is 0 Å². The lowest BCUT2D eigenvalue weighted by atomic mass is 10.3. The first-order valence-electron chi connectivity index (χ1n) is 7.05.